The summed E-state index contributed by atoms with van der Waals surface area (Å²) in [6.07, 6.45) is -0.222. The van der Waals surface area contributed by atoms with E-state index in [0.29, 0.717) is 0 Å². The summed E-state index contributed by atoms with van der Waals surface area (Å²) in [5, 5.41) is 19.0. The molecule has 0 saturated carbocycles. The summed E-state index contributed by atoms with van der Waals surface area (Å²) >= 11 is 0. The minimum atomic E-state index is -2.97. The average Bonchev–Trinajstić information content (AvgIpc) is 2.26. The Balaban J connectivity index is 1.88. The van der Waals surface area contributed by atoms with Crippen LogP contribution in [0.4, 0.5) is 14.6 Å². The second-order valence-electron chi connectivity index (χ2n) is 4.54. The number of aliphatic hydroxyl groups excluding tert-OH is 1. The number of anilines is 1. The molecule has 19 heavy (non-hydrogen) atoms. The fourth-order valence-electron chi connectivity index (χ4n) is 2.04. The van der Waals surface area contributed by atoms with Crippen LogP contribution in [0.25, 0.3) is 0 Å². The van der Waals surface area contributed by atoms with Gasteiger partial charge in [0.2, 0.25) is 5.91 Å². The van der Waals surface area contributed by atoms with Gasteiger partial charge in [-0.15, -0.1) is 5.10 Å². The van der Waals surface area contributed by atoms with Crippen LogP contribution in [0.3, 0.4) is 0 Å². The topological polar surface area (TPSA) is 78.4 Å². The van der Waals surface area contributed by atoms with Crippen molar-refractivity contribution in [1.82, 2.24) is 15.1 Å². The standard InChI is InChI=1S/C11H14F2N4O2/c12-11(13)4-8(18)5-17(7-11)6-10(19)15-9-2-1-3-14-16-9/h1-3,8,18H,4-7H2,(H,15,16,19). The monoisotopic (exact) mass is 272 g/mol. The van der Waals surface area contributed by atoms with E-state index in [1.54, 1.807) is 12.1 Å². The highest BCUT2D eigenvalue weighted by Crippen LogP contribution is 2.26. The van der Waals surface area contributed by atoms with Crippen LogP contribution in [0.15, 0.2) is 18.3 Å². The molecule has 1 atom stereocenters. The number of aliphatic hydroxyl groups is 1. The molecule has 0 bridgehead atoms. The Morgan fingerprint density at radius 3 is 3.05 bits per heavy atom. The normalized spacial score (nSPS) is 23.0. The average molecular weight is 272 g/mol. The van der Waals surface area contributed by atoms with Gasteiger partial charge in [-0.3, -0.25) is 9.69 Å². The van der Waals surface area contributed by atoms with Gasteiger partial charge < -0.3 is 10.4 Å². The molecule has 1 aromatic heterocycles. The van der Waals surface area contributed by atoms with Crippen molar-refractivity contribution in [3.63, 3.8) is 0 Å². The molecule has 1 aliphatic heterocycles. The molecule has 2 N–H and O–H groups in total. The van der Waals surface area contributed by atoms with Gasteiger partial charge in [-0.05, 0) is 12.1 Å². The molecule has 1 aliphatic rings. The van der Waals surface area contributed by atoms with E-state index < -0.39 is 30.9 Å². The maximum absolute atomic E-state index is 13.2. The van der Waals surface area contributed by atoms with Gasteiger partial charge in [-0.2, -0.15) is 5.10 Å². The number of amides is 1. The third-order valence-corrected chi connectivity index (χ3v) is 2.67. The first-order chi connectivity index (χ1) is 8.94. The number of nitrogens with zero attached hydrogens (tertiary/aromatic N) is 3. The molecule has 0 aromatic carbocycles. The highest BCUT2D eigenvalue weighted by molar-refractivity contribution is 5.91. The van der Waals surface area contributed by atoms with E-state index in [-0.39, 0.29) is 18.9 Å². The summed E-state index contributed by atoms with van der Waals surface area (Å²) in [4.78, 5) is 12.9. The van der Waals surface area contributed by atoms with Crippen molar-refractivity contribution < 1.29 is 18.7 Å². The second-order valence-corrected chi connectivity index (χ2v) is 4.54. The van der Waals surface area contributed by atoms with E-state index in [2.05, 4.69) is 15.5 Å². The minimum Gasteiger partial charge on any atom is -0.392 e. The Kier molecular flexibility index (Phi) is 4.01. The zero-order valence-electron chi connectivity index (χ0n) is 10.1. The third-order valence-electron chi connectivity index (χ3n) is 2.67. The molecular formula is C11H14F2N4O2. The number of aromatic nitrogens is 2. The number of alkyl halides is 2. The summed E-state index contributed by atoms with van der Waals surface area (Å²) in [5.74, 6) is -3.17. The zero-order chi connectivity index (χ0) is 13.9. The first kappa shape index (κ1) is 13.8. The molecule has 1 unspecified atom stereocenters. The van der Waals surface area contributed by atoms with Crippen molar-refractivity contribution in [1.29, 1.82) is 0 Å². The largest absolute Gasteiger partial charge is 0.392 e. The van der Waals surface area contributed by atoms with Crippen LogP contribution < -0.4 is 5.32 Å². The molecule has 2 rings (SSSR count). The number of likely N-dealkylation sites (tertiary alicyclic amines) is 1. The van der Waals surface area contributed by atoms with Crippen molar-refractivity contribution in [2.75, 3.05) is 25.0 Å². The van der Waals surface area contributed by atoms with Crippen molar-refractivity contribution in [3.8, 4) is 0 Å². The number of carbonyl (C=O) groups excluding carboxylic acids is 1. The number of halogens is 2. The van der Waals surface area contributed by atoms with E-state index in [1.807, 2.05) is 0 Å². The highest BCUT2D eigenvalue weighted by atomic mass is 19.3. The summed E-state index contributed by atoms with van der Waals surface area (Å²) in [6, 6.07) is 3.14. The van der Waals surface area contributed by atoms with Crippen LogP contribution >= 0.6 is 0 Å². The van der Waals surface area contributed by atoms with Gasteiger partial charge >= 0.3 is 0 Å². The lowest BCUT2D eigenvalue weighted by atomic mass is 10.0. The van der Waals surface area contributed by atoms with Gasteiger partial charge in [-0.1, -0.05) is 0 Å². The van der Waals surface area contributed by atoms with E-state index in [0.717, 1.165) is 0 Å². The van der Waals surface area contributed by atoms with Crippen LogP contribution in [-0.4, -0.2) is 57.8 Å². The van der Waals surface area contributed by atoms with Crippen molar-refractivity contribution in [2.45, 2.75) is 18.4 Å². The minimum absolute atomic E-state index is 0.0590. The van der Waals surface area contributed by atoms with Crippen LogP contribution in [0.1, 0.15) is 6.42 Å². The van der Waals surface area contributed by atoms with Crippen LogP contribution in [0.2, 0.25) is 0 Å². The molecule has 0 spiro atoms. The predicted octanol–water partition coefficient (Wildman–Crippen LogP) is 0.117. The van der Waals surface area contributed by atoms with Gasteiger partial charge in [0.25, 0.3) is 5.92 Å². The van der Waals surface area contributed by atoms with E-state index in [9.17, 15) is 18.7 Å². The third kappa shape index (κ3) is 4.18. The molecule has 1 fully saturated rings. The smallest absolute Gasteiger partial charge is 0.263 e. The van der Waals surface area contributed by atoms with E-state index >= 15 is 0 Å². The van der Waals surface area contributed by atoms with Gasteiger partial charge in [0, 0.05) is 19.2 Å². The van der Waals surface area contributed by atoms with E-state index in [1.165, 1.54) is 11.1 Å². The summed E-state index contributed by atoms with van der Waals surface area (Å²) in [5.41, 5.74) is 0. The number of rotatable bonds is 3. The number of piperidine rings is 1. The first-order valence-electron chi connectivity index (χ1n) is 5.80. The number of carbonyl (C=O) groups is 1. The van der Waals surface area contributed by atoms with E-state index in [4.69, 9.17) is 0 Å². The lowest BCUT2D eigenvalue weighted by Crippen LogP contribution is -2.51. The Morgan fingerprint density at radius 2 is 2.42 bits per heavy atom. The predicted molar refractivity (Wildman–Crippen MR) is 62.7 cm³/mol. The molecule has 6 nitrogen and oxygen atoms in total. The molecule has 1 amide bonds. The molecule has 1 aromatic rings. The lowest BCUT2D eigenvalue weighted by Gasteiger charge is -2.34. The van der Waals surface area contributed by atoms with Crippen LogP contribution in [0.5, 0.6) is 0 Å². The van der Waals surface area contributed by atoms with Crippen molar-refractivity contribution >= 4 is 11.7 Å². The van der Waals surface area contributed by atoms with Crippen molar-refractivity contribution in [3.05, 3.63) is 18.3 Å². The SMILES string of the molecule is O=C(CN1CC(O)CC(F)(F)C1)Nc1cccnn1. The van der Waals surface area contributed by atoms with Gasteiger partial charge in [0.05, 0.1) is 19.2 Å². The summed E-state index contributed by atoms with van der Waals surface area (Å²) < 4.78 is 26.5. The van der Waals surface area contributed by atoms with Gasteiger partial charge in [0.15, 0.2) is 5.82 Å². The maximum atomic E-state index is 13.2. The first-order valence-corrected chi connectivity index (χ1v) is 5.80. The van der Waals surface area contributed by atoms with Crippen LogP contribution in [-0.2, 0) is 4.79 Å². The zero-order valence-corrected chi connectivity index (χ0v) is 10.1. The molecule has 8 heteroatoms. The number of hydrogen-bond donors (Lipinski definition) is 2. The Labute approximate surface area is 108 Å². The van der Waals surface area contributed by atoms with Crippen molar-refractivity contribution in [2.24, 2.45) is 0 Å². The second kappa shape index (κ2) is 5.54. The summed E-state index contributed by atoms with van der Waals surface area (Å²) in [7, 11) is 0. The molecule has 0 radical (unpaired) electrons. The number of nitrogens with one attached hydrogen (secondary N) is 1. The summed E-state index contributed by atoms with van der Waals surface area (Å²) in [6.45, 7) is -0.690. The molecule has 104 valence electrons. The maximum Gasteiger partial charge on any atom is 0.263 e. The quantitative estimate of drug-likeness (QED) is 0.817. The fraction of sp³-hybridized carbons (Fsp3) is 0.545. The lowest BCUT2D eigenvalue weighted by molar-refractivity contribution is -0.126. The number of hydrogen-bond acceptors (Lipinski definition) is 5. The highest BCUT2D eigenvalue weighted by Gasteiger charge is 2.40. The Morgan fingerprint density at radius 1 is 1.63 bits per heavy atom. The van der Waals surface area contributed by atoms with Crippen LogP contribution in [0, 0.1) is 0 Å². The molecule has 2 heterocycles. The van der Waals surface area contributed by atoms with Gasteiger partial charge in [-0.25, -0.2) is 8.78 Å². The number of β-amino-alcohol motifs (C(OH)–C–C–N with tert-alkyl or cyclic N) is 1. The fourth-order valence-corrected chi connectivity index (χ4v) is 2.04. The van der Waals surface area contributed by atoms with Gasteiger partial charge in [0.1, 0.15) is 0 Å². The Bertz CT molecular complexity index is 444. The molecule has 0 aliphatic carbocycles. The molecular weight excluding hydrogens is 258 g/mol. The Hall–Kier alpha value is -1.67. The molecule has 1 saturated heterocycles.